The molecule has 3 heterocycles. The van der Waals surface area contributed by atoms with Gasteiger partial charge in [-0.2, -0.15) is 5.10 Å². The fraction of sp³-hybridized carbons (Fsp3) is 0.304. The van der Waals surface area contributed by atoms with Crippen LogP contribution in [0.3, 0.4) is 0 Å². The third-order valence-corrected chi connectivity index (χ3v) is 5.87. The molecule has 1 aliphatic rings. The Morgan fingerprint density at radius 1 is 1.41 bits per heavy atom. The lowest BCUT2D eigenvalue weighted by Gasteiger charge is -2.14. The van der Waals surface area contributed by atoms with Crippen LogP contribution in [0.1, 0.15) is 28.9 Å². The van der Waals surface area contributed by atoms with Crippen LogP contribution >= 0.6 is 0 Å². The van der Waals surface area contributed by atoms with Crippen molar-refractivity contribution in [3.63, 3.8) is 0 Å². The van der Waals surface area contributed by atoms with Gasteiger partial charge in [-0.1, -0.05) is 18.2 Å². The lowest BCUT2D eigenvalue weighted by atomic mass is 10.0. The molecule has 4 rings (SSSR count). The van der Waals surface area contributed by atoms with E-state index in [1.54, 1.807) is 4.90 Å². The number of aromatic nitrogens is 2. The molecule has 32 heavy (non-hydrogen) atoms. The van der Waals surface area contributed by atoms with Crippen molar-refractivity contribution >= 4 is 34.1 Å². The minimum absolute atomic E-state index is 0.0618. The van der Waals surface area contributed by atoms with Gasteiger partial charge in [0, 0.05) is 30.6 Å². The summed E-state index contributed by atoms with van der Waals surface area (Å²) < 4.78 is 6.15. The number of aromatic amines is 1. The molecule has 166 valence electrons. The van der Waals surface area contributed by atoms with Gasteiger partial charge in [0.2, 0.25) is 5.91 Å². The van der Waals surface area contributed by atoms with E-state index in [4.69, 9.17) is 20.9 Å². The van der Waals surface area contributed by atoms with E-state index in [9.17, 15) is 9.59 Å². The number of nitrogens with one attached hydrogen (secondary N) is 1. The summed E-state index contributed by atoms with van der Waals surface area (Å²) in [4.78, 5) is 30.7. The maximum Gasteiger partial charge on any atom is 0.288 e. The van der Waals surface area contributed by atoms with E-state index < -0.39 is 5.56 Å². The number of rotatable bonds is 5. The van der Waals surface area contributed by atoms with Crippen LogP contribution < -0.4 is 17.0 Å². The van der Waals surface area contributed by atoms with Crippen molar-refractivity contribution in [2.75, 3.05) is 31.1 Å². The Morgan fingerprint density at radius 2 is 2.19 bits per heavy atom. The molecule has 1 atom stereocenters. The number of likely N-dealkylation sites (tertiary alicyclic amines) is 1. The smallest absolute Gasteiger partial charge is 0.288 e. The molecule has 2 aromatic heterocycles. The number of furan rings is 1. The summed E-state index contributed by atoms with van der Waals surface area (Å²) in [7, 11) is 0. The number of benzene rings is 1. The SMILES string of the molecule is C=CC(=O)N1CCC(CN=C(c2oc3ccc(C)cc3c2C)c2c(N)n[nH]c(=O)c2N)C1. The number of aliphatic imine (C=N–C) groups is 1. The van der Waals surface area contributed by atoms with Gasteiger partial charge in [-0.15, -0.1) is 0 Å². The molecule has 1 aliphatic heterocycles. The molecule has 0 aliphatic carbocycles. The number of fused-ring (bicyclic) bond motifs is 1. The van der Waals surface area contributed by atoms with Crippen molar-refractivity contribution < 1.29 is 9.21 Å². The number of anilines is 2. The molecule has 1 amide bonds. The van der Waals surface area contributed by atoms with Crippen LogP contribution in [0.25, 0.3) is 11.0 Å². The second-order valence-electron chi connectivity index (χ2n) is 8.11. The molecule has 1 fully saturated rings. The van der Waals surface area contributed by atoms with Gasteiger partial charge in [-0.3, -0.25) is 14.6 Å². The van der Waals surface area contributed by atoms with E-state index in [1.807, 2.05) is 32.0 Å². The van der Waals surface area contributed by atoms with E-state index in [1.165, 1.54) is 6.08 Å². The first-order chi connectivity index (χ1) is 15.3. The Kier molecular flexibility index (Phi) is 5.56. The zero-order chi connectivity index (χ0) is 23.0. The fourth-order valence-corrected chi connectivity index (χ4v) is 4.08. The normalized spacial score (nSPS) is 16.6. The van der Waals surface area contributed by atoms with Crippen molar-refractivity contribution in [1.82, 2.24) is 15.1 Å². The number of nitrogen functional groups attached to an aromatic ring is 2. The first kappa shape index (κ1) is 21.4. The summed E-state index contributed by atoms with van der Waals surface area (Å²) in [5.74, 6) is 0.617. The summed E-state index contributed by atoms with van der Waals surface area (Å²) in [6.45, 7) is 9.14. The molecule has 1 unspecified atom stereocenters. The molecule has 5 N–H and O–H groups in total. The van der Waals surface area contributed by atoms with Crippen LogP contribution in [0.2, 0.25) is 0 Å². The van der Waals surface area contributed by atoms with Gasteiger partial charge in [0.15, 0.2) is 11.6 Å². The van der Waals surface area contributed by atoms with Crippen molar-refractivity contribution in [3.8, 4) is 0 Å². The van der Waals surface area contributed by atoms with Crippen LogP contribution in [0.5, 0.6) is 0 Å². The molecule has 1 aromatic carbocycles. The highest BCUT2D eigenvalue weighted by Crippen LogP contribution is 2.30. The van der Waals surface area contributed by atoms with Gasteiger partial charge in [-0.25, -0.2) is 5.10 Å². The van der Waals surface area contributed by atoms with Gasteiger partial charge in [0.25, 0.3) is 5.56 Å². The third-order valence-electron chi connectivity index (χ3n) is 5.87. The van der Waals surface area contributed by atoms with Crippen LogP contribution in [-0.2, 0) is 4.79 Å². The van der Waals surface area contributed by atoms with Crippen LogP contribution in [-0.4, -0.2) is 46.4 Å². The zero-order valence-electron chi connectivity index (χ0n) is 18.1. The van der Waals surface area contributed by atoms with E-state index in [0.717, 1.165) is 22.9 Å². The van der Waals surface area contributed by atoms with Gasteiger partial charge in [0.1, 0.15) is 17.0 Å². The van der Waals surface area contributed by atoms with Gasteiger partial charge < -0.3 is 20.8 Å². The van der Waals surface area contributed by atoms with Gasteiger partial charge in [-0.05, 0) is 44.4 Å². The number of carbonyl (C=O) groups excluding carboxylic acids is 1. The first-order valence-electron chi connectivity index (χ1n) is 10.4. The molecule has 0 saturated carbocycles. The Balaban J connectivity index is 1.80. The second kappa shape index (κ2) is 8.33. The highest BCUT2D eigenvalue weighted by atomic mass is 16.3. The van der Waals surface area contributed by atoms with Crippen molar-refractivity contribution in [1.29, 1.82) is 0 Å². The van der Waals surface area contributed by atoms with E-state index in [0.29, 0.717) is 36.7 Å². The maximum atomic E-state index is 12.2. The molecular weight excluding hydrogens is 408 g/mol. The lowest BCUT2D eigenvalue weighted by molar-refractivity contribution is -0.125. The molecule has 3 aromatic rings. The topological polar surface area (TPSA) is 144 Å². The summed E-state index contributed by atoms with van der Waals surface area (Å²) in [5, 5.41) is 7.12. The molecular formula is C23H26N6O3. The predicted molar refractivity (Wildman–Crippen MR) is 125 cm³/mol. The second-order valence-corrected chi connectivity index (χ2v) is 8.11. The number of amides is 1. The number of H-pyrrole nitrogens is 1. The van der Waals surface area contributed by atoms with E-state index in [2.05, 4.69) is 16.8 Å². The number of hydrogen-bond acceptors (Lipinski definition) is 7. The summed E-state index contributed by atoms with van der Waals surface area (Å²) in [6.07, 6.45) is 2.13. The summed E-state index contributed by atoms with van der Waals surface area (Å²) in [6, 6.07) is 5.90. The number of hydrogen-bond donors (Lipinski definition) is 3. The van der Waals surface area contributed by atoms with E-state index in [-0.39, 0.29) is 28.9 Å². The van der Waals surface area contributed by atoms with Gasteiger partial charge in [0.05, 0.1) is 5.56 Å². The van der Waals surface area contributed by atoms with Crippen LogP contribution in [0.15, 0.2) is 45.1 Å². The number of nitrogens with two attached hydrogens (primary N) is 2. The highest BCUT2D eigenvalue weighted by molar-refractivity contribution is 6.18. The number of carbonyl (C=O) groups is 1. The molecule has 1 saturated heterocycles. The lowest BCUT2D eigenvalue weighted by Crippen LogP contribution is -2.27. The molecule has 9 nitrogen and oxygen atoms in total. The average molecular weight is 435 g/mol. The van der Waals surface area contributed by atoms with Gasteiger partial charge >= 0.3 is 0 Å². The van der Waals surface area contributed by atoms with Crippen LogP contribution in [0, 0.1) is 19.8 Å². The predicted octanol–water partition coefficient (Wildman–Crippen LogP) is 2.17. The number of nitrogens with zero attached hydrogens (tertiary/aromatic N) is 3. The van der Waals surface area contributed by atoms with Crippen molar-refractivity contribution in [2.45, 2.75) is 20.3 Å². The van der Waals surface area contributed by atoms with Crippen molar-refractivity contribution in [2.24, 2.45) is 10.9 Å². The Labute approximate surface area is 184 Å². The molecule has 0 bridgehead atoms. The minimum atomic E-state index is -0.546. The summed E-state index contributed by atoms with van der Waals surface area (Å²) >= 11 is 0. The minimum Gasteiger partial charge on any atom is -0.454 e. The largest absolute Gasteiger partial charge is 0.454 e. The Hall–Kier alpha value is -3.88. The Bertz CT molecular complexity index is 1300. The Morgan fingerprint density at radius 3 is 2.94 bits per heavy atom. The zero-order valence-corrected chi connectivity index (χ0v) is 18.1. The third kappa shape index (κ3) is 3.77. The highest BCUT2D eigenvalue weighted by Gasteiger charge is 2.27. The molecule has 9 heteroatoms. The van der Waals surface area contributed by atoms with Crippen LogP contribution in [0.4, 0.5) is 11.5 Å². The fourth-order valence-electron chi connectivity index (χ4n) is 4.08. The first-order valence-corrected chi connectivity index (χ1v) is 10.4. The molecule has 0 radical (unpaired) electrons. The standard InChI is InChI=1S/C23H26N6O3/c1-4-17(30)29-8-7-14(11-29)10-26-20(18-19(24)23(31)28-27-22(18)25)21-13(3)15-9-12(2)5-6-16(15)32-21/h4-6,9,14H,1,7-8,10-11H2,2-3H3,(H,28,31)(H4,24,25,27). The van der Waals surface area contributed by atoms with E-state index >= 15 is 0 Å². The monoisotopic (exact) mass is 434 g/mol. The summed E-state index contributed by atoms with van der Waals surface area (Å²) in [5.41, 5.74) is 14.9. The average Bonchev–Trinajstić information content (AvgIpc) is 3.38. The quantitative estimate of drug-likeness (QED) is 0.415. The maximum absolute atomic E-state index is 12.2. The number of aryl methyl sites for hydroxylation is 2. The van der Waals surface area contributed by atoms with Crippen molar-refractivity contribution in [3.05, 3.63) is 63.7 Å². The molecule has 0 spiro atoms.